The molecule has 0 saturated heterocycles. The Kier molecular flexibility index (Phi) is 9.62. The maximum atomic E-state index is 15.4. The van der Waals surface area contributed by atoms with E-state index in [1.165, 1.54) is 36.8 Å². The molecule has 3 N–H and O–H groups in total. The number of amides is 2. The number of ether oxygens (including phenoxy) is 3. The van der Waals surface area contributed by atoms with E-state index in [4.69, 9.17) is 24.4 Å². The highest BCUT2D eigenvalue weighted by Crippen LogP contribution is 2.39. The molecule has 0 unspecified atom stereocenters. The lowest BCUT2D eigenvalue weighted by Gasteiger charge is -2.16. The Bertz CT molecular complexity index is 1430. The van der Waals surface area contributed by atoms with Crippen LogP contribution in [0.3, 0.4) is 0 Å². The fraction of sp³-hybridized carbons (Fsp3) is 0.467. The molecule has 2 aliphatic rings. The van der Waals surface area contributed by atoms with Crippen molar-refractivity contribution >= 4 is 23.8 Å². The lowest BCUT2D eigenvalue weighted by molar-refractivity contribution is -0.145. The number of carbonyl (C=O) groups excluding carboxylic acids is 2. The number of phenols is 1. The van der Waals surface area contributed by atoms with Crippen LogP contribution in [0.5, 0.6) is 23.0 Å². The van der Waals surface area contributed by atoms with Crippen molar-refractivity contribution in [1.29, 1.82) is 0 Å². The third-order valence-electron chi connectivity index (χ3n) is 7.62. The summed E-state index contributed by atoms with van der Waals surface area (Å²) in [4.78, 5) is 50.1. The summed E-state index contributed by atoms with van der Waals surface area (Å²) < 4.78 is 32.2. The van der Waals surface area contributed by atoms with E-state index in [1.807, 2.05) is 0 Å². The van der Waals surface area contributed by atoms with Gasteiger partial charge in [0, 0.05) is 51.0 Å². The van der Waals surface area contributed by atoms with Gasteiger partial charge in [-0.2, -0.15) is 0 Å². The van der Waals surface area contributed by atoms with E-state index >= 15 is 4.39 Å². The van der Waals surface area contributed by atoms with Gasteiger partial charge in [0.15, 0.2) is 28.8 Å². The van der Waals surface area contributed by atoms with Crippen molar-refractivity contribution < 1.29 is 53.1 Å². The molecule has 43 heavy (non-hydrogen) atoms. The number of carboxylic acids is 2. The number of aromatic hydroxyl groups is 1. The molecule has 12 nitrogen and oxygen atoms in total. The highest BCUT2D eigenvalue weighted by molar-refractivity contribution is 5.83. The van der Waals surface area contributed by atoms with Crippen molar-refractivity contribution in [3.8, 4) is 23.0 Å². The van der Waals surface area contributed by atoms with Crippen LogP contribution in [0.25, 0.3) is 0 Å². The van der Waals surface area contributed by atoms with E-state index < -0.39 is 29.6 Å². The molecule has 4 rings (SSSR count). The second-order valence-corrected chi connectivity index (χ2v) is 10.9. The van der Waals surface area contributed by atoms with Gasteiger partial charge in [-0.3, -0.25) is 19.2 Å². The average Bonchev–Trinajstić information content (AvgIpc) is 3.58. The first-order valence-electron chi connectivity index (χ1n) is 13.9. The van der Waals surface area contributed by atoms with Crippen molar-refractivity contribution in [3.63, 3.8) is 0 Å². The van der Waals surface area contributed by atoms with Gasteiger partial charge in [-0.1, -0.05) is 13.8 Å². The molecule has 0 bridgehead atoms. The SMILES string of the molecule is COc1cc2c(c(F)c1OCCCOc1cc3c(cc1O)CN(C(=O)C[C@H](C)C(=O)O)C3)CN(C(=O)C[C@H](C)C(=O)O)C2. The summed E-state index contributed by atoms with van der Waals surface area (Å²) in [5.41, 5.74) is 2.39. The van der Waals surface area contributed by atoms with Crippen LogP contribution in [-0.4, -0.2) is 69.2 Å². The molecule has 2 atom stereocenters. The van der Waals surface area contributed by atoms with Crippen LogP contribution in [0.4, 0.5) is 4.39 Å². The van der Waals surface area contributed by atoms with E-state index in [0.29, 0.717) is 12.0 Å². The van der Waals surface area contributed by atoms with E-state index in [2.05, 4.69) is 0 Å². The van der Waals surface area contributed by atoms with E-state index in [9.17, 15) is 24.3 Å². The molecule has 2 aromatic carbocycles. The molecule has 13 heteroatoms. The van der Waals surface area contributed by atoms with E-state index in [0.717, 1.165) is 11.1 Å². The minimum atomic E-state index is -1.08. The minimum absolute atomic E-state index is 0.00494. The summed E-state index contributed by atoms with van der Waals surface area (Å²) in [5.74, 6) is -4.90. The van der Waals surface area contributed by atoms with Crippen LogP contribution >= 0.6 is 0 Å². The number of fused-ring (bicyclic) bond motifs is 2. The van der Waals surface area contributed by atoms with Crippen LogP contribution < -0.4 is 14.2 Å². The third-order valence-corrected chi connectivity index (χ3v) is 7.62. The smallest absolute Gasteiger partial charge is 0.306 e. The molecule has 2 heterocycles. The molecule has 0 aliphatic carbocycles. The number of nitrogens with zero attached hydrogens (tertiary/aromatic N) is 2. The number of hydrogen-bond donors (Lipinski definition) is 3. The summed E-state index contributed by atoms with van der Waals surface area (Å²) in [6.45, 7) is 3.78. The molecule has 2 amide bonds. The fourth-order valence-electron chi connectivity index (χ4n) is 5.00. The first-order valence-corrected chi connectivity index (χ1v) is 13.9. The van der Waals surface area contributed by atoms with Crippen LogP contribution in [0.2, 0.25) is 0 Å². The number of benzene rings is 2. The summed E-state index contributed by atoms with van der Waals surface area (Å²) in [6.07, 6.45) is 0.0238. The highest BCUT2D eigenvalue weighted by atomic mass is 19.1. The number of phenolic OH excluding ortho intramolecular Hbond substituents is 1. The van der Waals surface area contributed by atoms with Crippen LogP contribution in [0.1, 0.15) is 55.4 Å². The molecule has 0 fully saturated rings. The molecule has 0 saturated carbocycles. The van der Waals surface area contributed by atoms with Gasteiger partial charge in [0.2, 0.25) is 11.8 Å². The van der Waals surface area contributed by atoms with Gasteiger partial charge >= 0.3 is 11.9 Å². The predicted octanol–water partition coefficient (Wildman–Crippen LogP) is 3.29. The number of hydrogen-bond acceptors (Lipinski definition) is 8. The Hall–Kier alpha value is -4.55. The van der Waals surface area contributed by atoms with Crippen LogP contribution in [-0.2, 0) is 45.4 Å². The van der Waals surface area contributed by atoms with Crippen molar-refractivity contribution in [1.82, 2.24) is 9.80 Å². The summed E-state index contributed by atoms with van der Waals surface area (Å²) in [6, 6.07) is 4.78. The normalized spacial score (nSPS) is 15.0. The Morgan fingerprint density at radius 3 is 1.91 bits per heavy atom. The van der Waals surface area contributed by atoms with Crippen molar-refractivity contribution in [2.45, 2.75) is 59.3 Å². The number of halogens is 1. The first-order chi connectivity index (χ1) is 20.4. The van der Waals surface area contributed by atoms with Gasteiger partial charge in [0.25, 0.3) is 0 Å². The Morgan fingerprint density at radius 2 is 1.33 bits per heavy atom. The maximum Gasteiger partial charge on any atom is 0.306 e. The number of carboxylic acid groups (broad SMARTS) is 2. The van der Waals surface area contributed by atoms with E-state index in [1.54, 1.807) is 12.1 Å². The Morgan fingerprint density at radius 1 is 0.814 bits per heavy atom. The summed E-state index contributed by atoms with van der Waals surface area (Å²) in [7, 11) is 1.38. The van der Waals surface area contributed by atoms with Gasteiger partial charge in [0.1, 0.15) is 0 Å². The van der Waals surface area contributed by atoms with Gasteiger partial charge in [-0.15, -0.1) is 0 Å². The van der Waals surface area contributed by atoms with Crippen LogP contribution in [0.15, 0.2) is 18.2 Å². The standard InChI is InChI=1S/C30H35FN2O10/c1-16(29(37)38)7-25(35)32-12-18-9-22(34)23(10-19(18)13-32)42-5-4-6-43-28-24(41-3)11-20-14-33(15-21(20)27(28)31)26(36)8-17(2)30(39)40/h9-11,16-17,34H,4-8,12-15H2,1-3H3,(H,37,38)(H,39,40)/t16-,17-/m0/s1. The number of rotatable bonds is 13. The molecule has 0 radical (unpaired) electrons. The first kappa shape index (κ1) is 31.4. The van der Waals surface area contributed by atoms with E-state index in [-0.39, 0.29) is 92.6 Å². The lowest BCUT2D eigenvalue weighted by atomic mass is 10.1. The highest BCUT2D eigenvalue weighted by Gasteiger charge is 2.32. The quantitative estimate of drug-likeness (QED) is 0.290. The zero-order valence-corrected chi connectivity index (χ0v) is 24.2. The molecular weight excluding hydrogens is 567 g/mol. The fourth-order valence-corrected chi connectivity index (χ4v) is 5.00. The van der Waals surface area contributed by atoms with Gasteiger partial charge < -0.3 is 39.3 Å². The second-order valence-electron chi connectivity index (χ2n) is 10.9. The summed E-state index contributed by atoms with van der Waals surface area (Å²) >= 11 is 0. The zero-order chi connectivity index (χ0) is 31.4. The second kappa shape index (κ2) is 13.2. The average molecular weight is 603 g/mol. The van der Waals surface area contributed by atoms with Gasteiger partial charge in [0.05, 0.1) is 32.2 Å². The molecule has 2 aliphatic heterocycles. The lowest BCUT2D eigenvalue weighted by Crippen LogP contribution is -2.28. The summed E-state index contributed by atoms with van der Waals surface area (Å²) in [5, 5.41) is 28.6. The third kappa shape index (κ3) is 7.09. The Labute approximate surface area is 247 Å². The number of methoxy groups -OCH3 is 1. The molecule has 2 aromatic rings. The Balaban J connectivity index is 1.31. The number of aliphatic carboxylic acids is 2. The molecule has 232 valence electrons. The predicted molar refractivity (Wildman–Crippen MR) is 148 cm³/mol. The number of carbonyl (C=O) groups is 4. The molecule has 0 spiro atoms. The van der Waals surface area contributed by atoms with Gasteiger partial charge in [-0.25, -0.2) is 4.39 Å². The molecular formula is C30H35FN2O10. The van der Waals surface area contributed by atoms with Crippen molar-refractivity contribution in [2.75, 3.05) is 20.3 Å². The molecule has 0 aromatic heterocycles. The van der Waals surface area contributed by atoms with Crippen LogP contribution in [0, 0.1) is 17.7 Å². The van der Waals surface area contributed by atoms with Crippen molar-refractivity contribution in [3.05, 3.63) is 46.3 Å². The van der Waals surface area contributed by atoms with Gasteiger partial charge in [-0.05, 0) is 34.9 Å². The largest absolute Gasteiger partial charge is 0.504 e. The zero-order valence-electron chi connectivity index (χ0n) is 24.2. The monoisotopic (exact) mass is 602 g/mol. The maximum absolute atomic E-state index is 15.4. The van der Waals surface area contributed by atoms with Crippen molar-refractivity contribution in [2.24, 2.45) is 11.8 Å². The minimum Gasteiger partial charge on any atom is -0.504 e. The topological polar surface area (TPSA) is 163 Å².